The van der Waals surface area contributed by atoms with Crippen molar-refractivity contribution in [3.05, 3.63) is 119 Å². The van der Waals surface area contributed by atoms with Crippen LogP contribution in [0.1, 0.15) is 70.7 Å². The van der Waals surface area contributed by atoms with Crippen molar-refractivity contribution in [3.8, 4) is 11.1 Å². The van der Waals surface area contributed by atoms with E-state index in [1.165, 1.54) is 17.8 Å². The summed E-state index contributed by atoms with van der Waals surface area (Å²) in [4.78, 5) is 38.9. The van der Waals surface area contributed by atoms with Gasteiger partial charge in [-0.1, -0.05) is 60.7 Å². The molecule has 0 unspecified atom stereocenters. The number of rotatable bonds is 14. The molecule has 4 aromatic rings. The first-order valence-electron chi connectivity index (χ1n) is 15.3. The number of ether oxygens (including phenoxy) is 2. The summed E-state index contributed by atoms with van der Waals surface area (Å²) in [5.74, 6) is -1.68. The average Bonchev–Trinajstić information content (AvgIpc) is 3.10. The lowest BCUT2D eigenvalue weighted by molar-refractivity contribution is -0.245. The molecule has 5 rings (SSSR count). The fourth-order valence-corrected chi connectivity index (χ4v) is 6.28. The highest BCUT2D eigenvalue weighted by atomic mass is 32.2. The highest BCUT2D eigenvalue weighted by molar-refractivity contribution is 7.99. The van der Waals surface area contributed by atoms with Crippen LogP contribution in [0.15, 0.2) is 96.2 Å². The Morgan fingerprint density at radius 2 is 1.62 bits per heavy atom. The topological polar surface area (TPSA) is 155 Å². The van der Waals surface area contributed by atoms with E-state index in [4.69, 9.17) is 14.6 Å². The Hall–Kier alpha value is -4.55. The third-order valence-corrected chi connectivity index (χ3v) is 8.86. The molecule has 1 saturated heterocycles. The number of carboxylic acid groups (broad SMARTS) is 2. The predicted octanol–water partition coefficient (Wildman–Crippen LogP) is 6.15. The quantitative estimate of drug-likeness (QED) is 0.116. The number of amides is 1. The molecule has 47 heavy (non-hydrogen) atoms. The summed E-state index contributed by atoms with van der Waals surface area (Å²) in [5, 5.41) is 31.2. The van der Waals surface area contributed by atoms with E-state index < -0.39 is 18.2 Å². The Bertz CT molecular complexity index is 1700. The zero-order valence-corrected chi connectivity index (χ0v) is 26.4. The van der Waals surface area contributed by atoms with Gasteiger partial charge in [-0.05, 0) is 58.5 Å². The summed E-state index contributed by atoms with van der Waals surface area (Å²) in [6.07, 6.45) is 1.24. The van der Waals surface area contributed by atoms with E-state index in [1.807, 2.05) is 72.8 Å². The molecule has 0 bridgehead atoms. The summed E-state index contributed by atoms with van der Waals surface area (Å²) in [5.41, 5.74) is 5.49. The molecule has 0 saturated carbocycles. The fraction of sp³-hybridized carbons (Fsp3) is 0.278. The molecule has 1 aliphatic rings. The molecule has 1 aromatic heterocycles. The highest BCUT2D eigenvalue weighted by Crippen LogP contribution is 2.40. The largest absolute Gasteiger partial charge is 0.481 e. The first-order valence-corrected chi connectivity index (χ1v) is 16.3. The lowest BCUT2D eigenvalue weighted by Gasteiger charge is -2.36. The molecule has 244 valence electrons. The molecule has 3 atom stereocenters. The minimum Gasteiger partial charge on any atom is -0.481 e. The third kappa shape index (κ3) is 9.49. The zero-order chi connectivity index (χ0) is 33.2. The number of aliphatic hydroxyl groups is 1. The van der Waals surface area contributed by atoms with Gasteiger partial charge < -0.3 is 30.1 Å². The molecule has 0 radical (unpaired) electrons. The van der Waals surface area contributed by atoms with Gasteiger partial charge in [-0.25, -0.2) is 9.78 Å². The molecular weight excluding hydrogens is 620 g/mol. The highest BCUT2D eigenvalue weighted by Gasteiger charge is 2.33. The second-order valence-electron chi connectivity index (χ2n) is 11.2. The number of carbonyl (C=O) groups is 3. The van der Waals surface area contributed by atoms with Gasteiger partial charge in [-0.3, -0.25) is 9.59 Å². The Kier molecular flexibility index (Phi) is 11.7. The Balaban J connectivity index is 1.33. The van der Waals surface area contributed by atoms with Crippen LogP contribution in [-0.2, 0) is 32.2 Å². The van der Waals surface area contributed by atoms with Crippen LogP contribution in [-0.4, -0.2) is 50.0 Å². The number of carbonyl (C=O) groups excluding carboxylic acids is 1. The van der Waals surface area contributed by atoms with Crippen LogP contribution in [0, 0.1) is 0 Å². The van der Waals surface area contributed by atoms with Gasteiger partial charge in [0.15, 0.2) is 6.29 Å². The zero-order valence-electron chi connectivity index (χ0n) is 25.6. The van der Waals surface area contributed by atoms with Crippen LogP contribution < -0.4 is 5.32 Å². The number of aromatic nitrogens is 1. The number of thioether (sulfide) groups is 1. The van der Waals surface area contributed by atoms with Gasteiger partial charge in [0.25, 0.3) is 0 Å². The minimum atomic E-state index is -1.03. The molecule has 0 aliphatic carbocycles. The predicted molar refractivity (Wildman–Crippen MR) is 176 cm³/mol. The van der Waals surface area contributed by atoms with E-state index in [-0.39, 0.29) is 43.1 Å². The molecule has 1 amide bonds. The number of hydrogen-bond donors (Lipinski definition) is 4. The second-order valence-corrected chi connectivity index (χ2v) is 12.2. The Morgan fingerprint density at radius 3 is 2.36 bits per heavy atom. The van der Waals surface area contributed by atoms with Crippen molar-refractivity contribution in [2.45, 2.75) is 62.4 Å². The number of aromatic carboxylic acids is 1. The monoisotopic (exact) mass is 656 g/mol. The van der Waals surface area contributed by atoms with Crippen LogP contribution in [0.2, 0.25) is 0 Å². The molecular formula is C36H36N2O8S. The molecule has 4 N–H and O–H groups in total. The van der Waals surface area contributed by atoms with Crippen molar-refractivity contribution < 1.29 is 39.2 Å². The van der Waals surface area contributed by atoms with Crippen molar-refractivity contribution in [3.63, 3.8) is 0 Å². The summed E-state index contributed by atoms with van der Waals surface area (Å²) in [7, 11) is 0. The van der Waals surface area contributed by atoms with E-state index >= 15 is 0 Å². The van der Waals surface area contributed by atoms with Crippen molar-refractivity contribution >= 4 is 29.6 Å². The van der Waals surface area contributed by atoms with Crippen molar-refractivity contribution in [1.29, 1.82) is 0 Å². The van der Waals surface area contributed by atoms with Gasteiger partial charge in [0.2, 0.25) is 5.91 Å². The van der Waals surface area contributed by atoms with E-state index in [2.05, 4.69) is 10.3 Å². The normalized spacial score (nSPS) is 17.6. The average molecular weight is 657 g/mol. The number of aliphatic hydroxyl groups excluding tert-OH is 1. The Morgan fingerprint density at radius 1 is 0.851 bits per heavy atom. The number of carboxylic acids is 2. The van der Waals surface area contributed by atoms with Crippen LogP contribution in [0.25, 0.3) is 11.1 Å². The van der Waals surface area contributed by atoms with Gasteiger partial charge in [-0.2, -0.15) is 0 Å². The molecule has 3 aromatic carbocycles. The van der Waals surface area contributed by atoms with E-state index in [9.17, 15) is 24.6 Å². The lowest BCUT2D eigenvalue weighted by atomic mass is 9.99. The number of hydrogen-bond acceptors (Lipinski definition) is 8. The lowest BCUT2D eigenvalue weighted by Crippen LogP contribution is -2.31. The SMILES string of the molecule is O=C(O)CCCC(=O)NCc1cccc(-c2cccc([C@@H]3O[C@H](CSc4ncccc4C(=O)O)C[C@H](c4ccc(CO)cc4)O3)c2)c1. The van der Waals surface area contributed by atoms with Gasteiger partial charge in [-0.15, -0.1) is 11.8 Å². The summed E-state index contributed by atoms with van der Waals surface area (Å²) in [6, 6.07) is 26.5. The number of nitrogens with one attached hydrogen (secondary N) is 1. The molecule has 1 aliphatic heterocycles. The molecule has 11 heteroatoms. The minimum absolute atomic E-state index is 0.0418. The Labute approximate surface area is 276 Å². The molecule has 0 spiro atoms. The van der Waals surface area contributed by atoms with Crippen molar-refractivity contribution in [2.75, 3.05) is 5.75 Å². The number of benzene rings is 3. The summed E-state index contributed by atoms with van der Waals surface area (Å²) in [6.45, 7) is 0.268. The van der Waals surface area contributed by atoms with Gasteiger partial charge in [0.05, 0.1) is 24.4 Å². The molecule has 2 heterocycles. The maximum absolute atomic E-state index is 12.2. The molecule has 10 nitrogen and oxygen atoms in total. The first-order chi connectivity index (χ1) is 22.8. The maximum atomic E-state index is 12.2. The van der Waals surface area contributed by atoms with E-state index in [0.29, 0.717) is 30.2 Å². The standard InChI is InChI=1S/C36H36N2O8S/c39-21-23-12-14-25(15-13-23)31-19-29(22-47-34-30(35(43)44)9-4-16-37-34)45-36(46-31)28-8-2-7-27(18-28)26-6-1-5-24(17-26)20-38-32(40)10-3-11-33(41)42/h1-2,4-9,12-18,29,31,36,39H,3,10-11,19-22H2,(H,38,40)(H,41,42)(H,43,44)/t29-,31+,36+/m0/s1. The first kappa shape index (κ1) is 33.8. The fourth-order valence-electron chi connectivity index (χ4n) is 5.28. The van der Waals surface area contributed by atoms with Gasteiger partial charge in [0.1, 0.15) is 5.03 Å². The van der Waals surface area contributed by atoms with E-state index in [1.54, 1.807) is 12.3 Å². The maximum Gasteiger partial charge on any atom is 0.338 e. The molecule has 1 fully saturated rings. The number of pyridine rings is 1. The van der Waals surface area contributed by atoms with Crippen LogP contribution in [0.4, 0.5) is 0 Å². The number of aliphatic carboxylic acids is 1. The summed E-state index contributed by atoms with van der Waals surface area (Å²) >= 11 is 1.33. The van der Waals surface area contributed by atoms with Gasteiger partial charge in [0, 0.05) is 43.3 Å². The van der Waals surface area contributed by atoms with E-state index in [0.717, 1.165) is 33.4 Å². The van der Waals surface area contributed by atoms with Crippen LogP contribution in [0.5, 0.6) is 0 Å². The second kappa shape index (κ2) is 16.3. The van der Waals surface area contributed by atoms with Gasteiger partial charge >= 0.3 is 11.9 Å². The van der Waals surface area contributed by atoms with Crippen molar-refractivity contribution in [1.82, 2.24) is 10.3 Å². The third-order valence-electron chi connectivity index (χ3n) is 7.73. The van der Waals surface area contributed by atoms with Crippen LogP contribution in [0.3, 0.4) is 0 Å². The van der Waals surface area contributed by atoms with Crippen molar-refractivity contribution in [2.24, 2.45) is 0 Å². The summed E-state index contributed by atoms with van der Waals surface area (Å²) < 4.78 is 13.0. The van der Waals surface area contributed by atoms with Crippen LogP contribution >= 0.6 is 11.8 Å². The number of nitrogens with zero attached hydrogens (tertiary/aromatic N) is 1. The smallest absolute Gasteiger partial charge is 0.338 e.